The van der Waals surface area contributed by atoms with Crippen LogP contribution in [0.1, 0.15) is 32.6 Å². The van der Waals surface area contributed by atoms with Crippen LogP contribution >= 0.6 is 15.9 Å². The topological polar surface area (TPSA) is 124 Å². The molecule has 29 heavy (non-hydrogen) atoms. The van der Waals surface area contributed by atoms with E-state index < -0.39 is 18.2 Å². The Labute approximate surface area is 173 Å². The molecule has 0 aliphatic heterocycles. The van der Waals surface area contributed by atoms with Crippen molar-refractivity contribution in [2.45, 2.75) is 57.0 Å². The highest BCUT2D eigenvalue weighted by Crippen LogP contribution is 2.28. The molecule has 8 nitrogen and oxygen atoms in total. The van der Waals surface area contributed by atoms with E-state index in [4.69, 9.17) is 20.4 Å². The summed E-state index contributed by atoms with van der Waals surface area (Å²) in [5.41, 5.74) is 5.45. The first-order chi connectivity index (χ1) is 13.3. The first kappa shape index (κ1) is 25.0. The molecule has 0 saturated heterocycles. The summed E-state index contributed by atoms with van der Waals surface area (Å²) in [5, 5.41) is 10.1. The van der Waals surface area contributed by atoms with Gasteiger partial charge in [-0.3, -0.25) is 9.59 Å². The zero-order chi connectivity index (χ0) is 22.4. The fourth-order valence-corrected chi connectivity index (χ4v) is 3.02. The Kier molecular flexibility index (Phi) is 9.14. The van der Waals surface area contributed by atoms with Crippen molar-refractivity contribution in [3.05, 3.63) is 27.1 Å². The molecule has 164 valence electrons. The van der Waals surface area contributed by atoms with Gasteiger partial charge in [0, 0.05) is 25.4 Å². The molecule has 1 aromatic heterocycles. The van der Waals surface area contributed by atoms with Crippen LogP contribution in [0.5, 0.6) is 5.75 Å². The van der Waals surface area contributed by atoms with Crippen LogP contribution in [0, 0.1) is 0 Å². The fourth-order valence-electron chi connectivity index (χ4n) is 2.51. The number of amides is 1. The number of hydrogen-bond acceptors (Lipinski definition) is 5. The maximum atomic E-state index is 11.7. The molecular formula is C17H23BrF3N3O5. The monoisotopic (exact) mass is 485 g/mol. The van der Waals surface area contributed by atoms with E-state index in [1.807, 2.05) is 0 Å². The molecule has 0 radical (unpaired) electrons. The number of nitrogens with two attached hydrogens (primary N) is 1. The largest absolute Gasteiger partial charge is 0.490 e. The molecule has 4 N–H and O–H groups in total. The Morgan fingerprint density at radius 3 is 2.31 bits per heavy atom. The third kappa shape index (κ3) is 8.44. The minimum Gasteiger partial charge on any atom is -0.489 e. The number of carboxylic acid groups (broad SMARTS) is 1. The number of pyridine rings is 1. The van der Waals surface area contributed by atoms with Crippen LogP contribution < -0.4 is 21.3 Å². The van der Waals surface area contributed by atoms with E-state index in [9.17, 15) is 22.8 Å². The molecule has 1 heterocycles. The molecule has 1 fully saturated rings. The minimum atomic E-state index is -5.08. The first-order valence-electron chi connectivity index (χ1n) is 8.70. The lowest BCUT2D eigenvalue weighted by Gasteiger charge is -2.30. The number of aliphatic carboxylic acids is 1. The van der Waals surface area contributed by atoms with Gasteiger partial charge in [-0.1, -0.05) is 0 Å². The van der Waals surface area contributed by atoms with E-state index in [1.165, 1.54) is 10.6 Å². The summed E-state index contributed by atoms with van der Waals surface area (Å²) in [4.78, 5) is 32.2. The third-order valence-corrected chi connectivity index (χ3v) is 4.71. The highest BCUT2D eigenvalue weighted by Gasteiger charge is 2.38. The molecule has 1 aliphatic rings. The zero-order valence-electron chi connectivity index (χ0n) is 15.8. The van der Waals surface area contributed by atoms with Gasteiger partial charge in [-0.25, -0.2) is 4.79 Å². The molecule has 1 aliphatic carbocycles. The smallest absolute Gasteiger partial charge is 0.489 e. The number of rotatable bonds is 4. The summed E-state index contributed by atoms with van der Waals surface area (Å²) in [5.74, 6) is -2.29. The highest BCUT2D eigenvalue weighted by molar-refractivity contribution is 9.10. The van der Waals surface area contributed by atoms with Crippen LogP contribution in [0.2, 0.25) is 0 Å². The van der Waals surface area contributed by atoms with Gasteiger partial charge in [0.05, 0.1) is 16.6 Å². The normalized spacial score (nSPS) is 20.1. The number of ether oxygens (including phenoxy) is 1. The molecular weight excluding hydrogens is 463 g/mol. The summed E-state index contributed by atoms with van der Waals surface area (Å²) in [6.07, 6.45) is 0.0623. The summed E-state index contributed by atoms with van der Waals surface area (Å²) in [6.45, 7) is 1.68. The number of alkyl halides is 3. The summed E-state index contributed by atoms with van der Waals surface area (Å²) < 4.78 is 39.9. The average Bonchev–Trinajstić information content (AvgIpc) is 2.61. The predicted octanol–water partition coefficient (Wildman–Crippen LogP) is 1.93. The van der Waals surface area contributed by atoms with E-state index in [2.05, 4.69) is 21.2 Å². The van der Waals surface area contributed by atoms with Gasteiger partial charge >= 0.3 is 12.1 Å². The van der Waals surface area contributed by atoms with Crippen LogP contribution in [0.25, 0.3) is 0 Å². The van der Waals surface area contributed by atoms with Crippen LogP contribution in [-0.2, 0) is 16.6 Å². The average molecular weight is 486 g/mol. The Morgan fingerprint density at radius 2 is 1.86 bits per heavy atom. The van der Waals surface area contributed by atoms with Gasteiger partial charge < -0.3 is 25.5 Å². The van der Waals surface area contributed by atoms with Crippen molar-refractivity contribution in [3.63, 3.8) is 0 Å². The third-order valence-electron chi connectivity index (χ3n) is 4.11. The Morgan fingerprint density at radius 1 is 1.34 bits per heavy atom. The number of carboxylic acids is 1. The zero-order valence-corrected chi connectivity index (χ0v) is 17.4. The lowest BCUT2D eigenvalue weighted by Crippen LogP contribution is -2.46. The maximum Gasteiger partial charge on any atom is 0.490 e. The number of nitrogens with one attached hydrogen (secondary N) is 1. The molecule has 1 amide bonds. The second-order valence-electron chi connectivity index (χ2n) is 6.63. The van der Waals surface area contributed by atoms with Crippen molar-refractivity contribution in [1.82, 2.24) is 9.88 Å². The van der Waals surface area contributed by atoms with Crippen molar-refractivity contribution in [2.75, 3.05) is 0 Å². The SMILES string of the molecule is C[C@@H](N)C(=O)N[C@H]1CC[C@H](Oc2cc(=O)n(C)cc2Br)CC1.O=C(O)C(F)(F)F. The lowest BCUT2D eigenvalue weighted by molar-refractivity contribution is -0.192. The minimum absolute atomic E-state index is 0.0619. The first-order valence-corrected chi connectivity index (χ1v) is 9.49. The van der Waals surface area contributed by atoms with E-state index in [0.29, 0.717) is 5.75 Å². The number of aromatic nitrogens is 1. The van der Waals surface area contributed by atoms with Gasteiger partial charge in [0.1, 0.15) is 5.75 Å². The molecule has 1 atom stereocenters. The van der Waals surface area contributed by atoms with Gasteiger partial charge in [-0.05, 0) is 48.5 Å². The van der Waals surface area contributed by atoms with Gasteiger partial charge in [0.15, 0.2) is 0 Å². The summed E-state index contributed by atoms with van der Waals surface area (Å²) in [6, 6.07) is 1.17. The van der Waals surface area contributed by atoms with Crippen LogP contribution in [-0.4, -0.2) is 45.9 Å². The van der Waals surface area contributed by atoms with Gasteiger partial charge in [-0.15, -0.1) is 0 Å². The number of aryl methyl sites for hydroxylation is 1. The van der Waals surface area contributed by atoms with E-state index >= 15 is 0 Å². The van der Waals surface area contributed by atoms with Gasteiger partial charge in [0.2, 0.25) is 5.91 Å². The van der Waals surface area contributed by atoms with Crippen molar-refractivity contribution in [3.8, 4) is 5.75 Å². The molecule has 0 aromatic carbocycles. The highest BCUT2D eigenvalue weighted by atomic mass is 79.9. The number of hydrogen-bond donors (Lipinski definition) is 3. The second-order valence-corrected chi connectivity index (χ2v) is 7.48. The van der Waals surface area contributed by atoms with E-state index in [0.717, 1.165) is 30.2 Å². The summed E-state index contributed by atoms with van der Waals surface area (Å²) >= 11 is 3.41. The molecule has 1 saturated carbocycles. The van der Waals surface area contributed by atoms with Crippen molar-refractivity contribution < 1.29 is 32.6 Å². The van der Waals surface area contributed by atoms with Crippen LogP contribution in [0.3, 0.4) is 0 Å². The molecule has 1 aromatic rings. The molecule has 0 spiro atoms. The predicted molar refractivity (Wildman–Crippen MR) is 102 cm³/mol. The molecule has 12 heteroatoms. The van der Waals surface area contributed by atoms with Gasteiger partial charge in [0.25, 0.3) is 5.56 Å². The summed E-state index contributed by atoms with van der Waals surface area (Å²) in [7, 11) is 1.70. The lowest BCUT2D eigenvalue weighted by atomic mass is 9.92. The molecule has 0 unspecified atom stereocenters. The van der Waals surface area contributed by atoms with Crippen molar-refractivity contribution >= 4 is 27.8 Å². The number of halogens is 4. The molecule has 0 bridgehead atoms. The van der Waals surface area contributed by atoms with Crippen LogP contribution in [0.15, 0.2) is 21.5 Å². The van der Waals surface area contributed by atoms with Gasteiger partial charge in [-0.2, -0.15) is 13.2 Å². The quantitative estimate of drug-likeness (QED) is 0.598. The Balaban J connectivity index is 0.000000516. The van der Waals surface area contributed by atoms with Crippen molar-refractivity contribution in [1.29, 1.82) is 0 Å². The fraction of sp³-hybridized carbons (Fsp3) is 0.588. The van der Waals surface area contributed by atoms with Crippen molar-refractivity contribution in [2.24, 2.45) is 12.8 Å². The van der Waals surface area contributed by atoms with Crippen LogP contribution in [0.4, 0.5) is 13.2 Å². The second kappa shape index (κ2) is 10.6. The standard InChI is InChI=1S/C15H22BrN3O3.C2HF3O2/c1-9(17)15(21)18-10-3-5-11(6-4-10)22-13-7-14(20)19(2)8-12(13)16;3-2(4,5)1(6)7/h7-11H,3-6,17H2,1-2H3,(H,18,21);(H,6,7)/t9-,10-,11-;/m1./s1. The molecule has 2 rings (SSSR count). The Bertz CT molecular complexity index is 775. The Hall–Kier alpha value is -2.08. The maximum absolute atomic E-state index is 11.7. The van der Waals surface area contributed by atoms with E-state index in [1.54, 1.807) is 20.2 Å². The van der Waals surface area contributed by atoms with E-state index in [-0.39, 0.29) is 23.6 Å². The number of nitrogens with zero attached hydrogens (tertiary/aromatic N) is 1. The number of carbonyl (C=O) groups is 2. The number of carbonyl (C=O) groups excluding carboxylic acids is 1.